The molecule has 0 atom stereocenters. The number of nitrogens with one attached hydrogen (secondary N) is 1. The number of pyridine rings is 1. The Bertz CT molecular complexity index is 428. The number of carboxylic acid groups (broad SMARTS) is 1. The van der Waals surface area contributed by atoms with Gasteiger partial charge < -0.3 is 15.5 Å². The third-order valence-corrected chi connectivity index (χ3v) is 3.44. The average molecular weight is 250 g/mol. The Morgan fingerprint density at radius 1 is 1.39 bits per heavy atom. The van der Waals surface area contributed by atoms with E-state index in [1.807, 2.05) is 0 Å². The van der Waals surface area contributed by atoms with Gasteiger partial charge in [-0.3, -0.25) is 4.98 Å². The van der Waals surface area contributed by atoms with Crippen LogP contribution in [0.3, 0.4) is 0 Å². The third-order valence-electron chi connectivity index (χ3n) is 3.44. The maximum atomic E-state index is 11.0. The molecule has 98 valence electrons. The van der Waals surface area contributed by atoms with E-state index in [1.165, 1.54) is 18.5 Å². The molecular formula is C13H18N2O3. The molecule has 0 bridgehead atoms. The molecule has 18 heavy (non-hydrogen) atoms. The summed E-state index contributed by atoms with van der Waals surface area (Å²) in [5.74, 6) is -0.990. The standard InChI is InChI=1S/C13H18N2O3/c16-12(17)10-4-7-14-8-11(10)15-9-13(18)5-2-1-3-6-13/h4,7-8,15,18H,1-3,5-6,9H2,(H,16,17). The highest BCUT2D eigenvalue weighted by molar-refractivity contribution is 5.93. The Hall–Kier alpha value is -1.62. The van der Waals surface area contributed by atoms with Gasteiger partial charge >= 0.3 is 5.97 Å². The Morgan fingerprint density at radius 3 is 2.78 bits per heavy atom. The average Bonchev–Trinajstić information content (AvgIpc) is 2.38. The lowest BCUT2D eigenvalue weighted by Crippen LogP contribution is -2.39. The number of aromatic carboxylic acids is 1. The molecule has 1 heterocycles. The number of carbonyl (C=O) groups is 1. The molecule has 0 radical (unpaired) electrons. The zero-order valence-corrected chi connectivity index (χ0v) is 10.2. The van der Waals surface area contributed by atoms with E-state index in [9.17, 15) is 9.90 Å². The Balaban J connectivity index is 2.03. The molecule has 5 heteroatoms. The summed E-state index contributed by atoms with van der Waals surface area (Å²) in [5, 5.41) is 22.4. The Morgan fingerprint density at radius 2 is 2.11 bits per heavy atom. The minimum absolute atomic E-state index is 0.185. The smallest absolute Gasteiger partial charge is 0.337 e. The quantitative estimate of drug-likeness (QED) is 0.760. The molecule has 2 rings (SSSR count). The van der Waals surface area contributed by atoms with Crippen LogP contribution in [-0.4, -0.2) is 33.3 Å². The van der Waals surface area contributed by atoms with Crippen LogP contribution in [0.5, 0.6) is 0 Å². The summed E-state index contributed by atoms with van der Waals surface area (Å²) in [6, 6.07) is 1.45. The topological polar surface area (TPSA) is 82.5 Å². The number of carboxylic acids is 1. The van der Waals surface area contributed by atoms with Crippen molar-refractivity contribution < 1.29 is 15.0 Å². The van der Waals surface area contributed by atoms with E-state index in [4.69, 9.17) is 5.11 Å². The Labute approximate surface area is 106 Å². The predicted molar refractivity (Wildman–Crippen MR) is 67.7 cm³/mol. The van der Waals surface area contributed by atoms with E-state index in [-0.39, 0.29) is 5.56 Å². The number of aromatic nitrogens is 1. The van der Waals surface area contributed by atoms with Gasteiger partial charge in [-0.1, -0.05) is 19.3 Å². The second-order valence-electron chi connectivity index (χ2n) is 4.86. The van der Waals surface area contributed by atoms with Crippen molar-refractivity contribution in [2.24, 2.45) is 0 Å². The van der Waals surface area contributed by atoms with Crippen LogP contribution < -0.4 is 5.32 Å². The van der Waals surface area contributed by atoms with Crippen LogP contribution in [-0.2, 0) is 0 Å². The molecule has 1 aliphatic rings. The maximum absolute atomic E-state index is 11.0. The molecule has 1 saturated carbocycles. The Kier molecular flexibility index (Phi) is 3.81. The van der Waals surface area contributed by atoms with Gasteiger partial charge in [0.25, 0.3) is 0 Å². The van der Waals surface area contributed by atoms with Crippen molar-refractivity contribution in [1.29, 1.82) is 0 Å². The fraction of sp³-hybridized carbons (Fsp3) is 0.538. The van der Waals surface area contributed by atoms with Gasteiger partial charge in [0.05, 0.1) is 23.0 Å². The van der Waals surface area contributed by atoms with Crippen LogP contribution in [0, 0.1) is 0 Å². The lowest BCUT2D eigenvalue weighted by Gasteiger charge is -2.32. The minimum Gasteiger partial charge on any atom is -0.478 e. The first-order chi connectivity index (χ1) is 8.61. The van der Waals surface area contributed by atoms with Crippen LogP contribution in [0.2, 0.25) is 0 Å². The molecule has 3 N–H and O–H groups in total. The number of nitrogens with zero attached hydrogens (tertiary/aromatic N) is 1. The highest BCUT2D eigenvalue weighted by Crippen LogP contribution is 2.28. The van der Waals surface area contributed by atoms with Crippen LogP contribution in [0.15, 0.2) is 18.5 Å². The summed E-state index contributed by atoms with van der Waals surface area (Å²) in [6.45, 7) is 0.374. The van der Waals surface area contributed by atoms with Gasteiger partial charge in [0.15, 0.2) is 0 Å². The van der Waals surface area contributed by atoms with Crippen LogP contribution >= 0.6 is 0 Å². The second-order valence-corrected chi connectivity index (χ2v) is 4.86. The van der Waals surface area contributed by atoms with Crippen molar-refractivity contribution in [2.75, 3.05) is 11.9 Å². The van der Waals surface area contributed by atoms with E-state index in [0.29, 0.717) is 12.2 Å². The molecule has 1 aliphatic carbocycles. The highest BCUT2D eigenvalue weighted by Gasteiger charge is 2.29. The normalized spacial score (nSPS) is 18.3. The molecule has 0 saturated heterocycles. The fourth-order valence-electron chi connectivity index (χ4n) is 2.37. The van der Waals surface area contributed by atoms with Gasteiger partial charge in [-0.15, -0.1) is 0 Å². The molecular weight excluding hydrogens is 232 g/mol. The lowest BCUT2D eigenvalue weighted by atomic mass is 9.85. The first-order valence-electron chi connectivity index (χ1n) is 6.24. The van der Waals surface area contributed by atoms with Crippen molar-refractivity contribution in [2.45, 2.75) is 37.7 Å². The van der Waals surface area contributed by atoms with Gasteiger partial charge in [-0.2, -0.15) is 0 Å². The SMILES string of the molecule is O=C(O)c1ccncc1NCC1(O)CCCCC1. The van der Waals surface area contributed by atoms with E-state index in [2.05, 4.69) is 10.3 Å². The molecule has 1 aromatic rings. The van der Waals surface area contributed by atoms with Crippen molar-refractivity contribution in [1.82, 2.24) is 4.98 Å². The largest absolute Gasteiger partial charge is 0.478 e. The van der Waals surface area contributed by atoms with E-state index in [1.54, 1.807) is 0 Å². The highest BCUT2D eigenvalue weighted by atomic mass is 16.4. The number of hydrogen-bond acceptors (Lipinski definition) is 4. The lowest BCUT2D eigenvalue weighted by molar-refractivity contribution is 0.0166. The van der Waals surface area contributed by atoms with Crippen LogP contribution in [0.1, 0.15) is 42.5 Å². The third kappa shape index (κ3) is 2.98. The first-order valence-corrected chi connectivity index (χ1v) is 6.24. The van der Waals surface area contributed by atoms with E-state index < -0.39 is 11.6 Å². The summed E-state index contributed by atoms with van der Waals surface area (Å²) in [6.07, 6.45) is 7.68. The summed E-state index contributed by atoms with van der Waals surface area (Å²) in [5.41, 5.74) is -0.0717. The molecule has 0 aromatic carbocycles. The molecule has 0 aliphatic heterocycles. The summed E-state index contributed by atoms with van der Waals surface area (Å²) >= 11 is 0. The van der Waals surface area contributed by atoms with Crippen LogP contribution in [0.25, 0.3) is 0 Å². The zero-order chi connectivity index (χ0) is 13.0. The molecule has 0 unspecified atom stereocenters. The minimum atomic E-state index is -0.990. The molecule has 1 aromatic heterocycles. The monoisotopic (exact) mass is 250 g/mol. The van der Waals surface area contributed by atoms with Crippen molar-refractivity contribution >= 4 is 11.7 Å². The van der Waals surface area contributed by atoms with Gasteiger partial charge in [0.1, 0.15) is 0 Å². The number of anilines is 1. The second kappa shape index (κ2) is 5.35. The van der Waals surface area contributed by atoms with Crippen LogP contribution in [0.4, 0.5) is 5.69 Å². The summed E-state index contributed by atoms with van der Waals surface area (Å²) < 4.78 is 0. The predicted octanol–water partition coefficient (Wildman–Crippen LogP) is 1.89. The number of aliphatic hydroxyl groups is 1. The van der Waals surface area contributed by atoms with E-state index >= 15 is 0 Å². The van der Waals surface area contributed by atoms with E-state index in [0.717, 1.165) is 32.1 Å². The zero-order valence-electron chi connectivity index (χ0n) is 10.2. The fourth-order valence-corrected chi connectivity index (χ4v) is 2.37. The molecule has 0 spiro atoms. The van der Waals surface area contributed by atoms with Gasteiger partial charge in [-0.05, 0) is 18.9 Å². The van der Waals surface area contributed by atoms with Crippen molar-refractivity contribution in [3.8, 4) is 0 Å². The molecule has 1 fully saturated rings. The number of rotatable bonds is 4. The summed E-state index contributed by atoms with van der Waals surface area (Å²) in [4.78, 5) is 14.9. The van der Waals surface area contributed by atoms with Gasteiger partial charge in [0.2, 0.25) is 0 Å². The summed E-state index contributed by atoms with van der Waals surface area (Å²) in [7, 11) is 0. The maximum Gasteiger partial charge on any atom is 0.337 e. The van der Waals surface area contributed by atoms with Crippen molar-refractivity contribution in [3.63, 3.8) is 0 Å². The van der Waals surface area contributed by atoms with Gasteiger partial charge in [-0.25, -0.2) is 4.79 Å². The molecule has 5 nitrogen and oxygen atoms in total. The number of hydrogen-bond donors (Lipinski definition) is 3. The molecule has 0 amide bonds. The van der Waals surface area contributed by atoms with Crippen molar-refractivity contribution in [3.05, 3.63) is 24.0 Å². The van der Waals surface area contributed by atoms with Gasteiger partial charge in [0, 0.05) is 12.7 Å². The first kappa shape index (κ1) is 12.8.